The third kappa shape index (κ3) is 50.4. The monoisotopic (exact) mass is 897 g/mol. The number of esters is 3. The summed E-state index contributed by atoms with van der Waals surface area (Å²) >= 11 is 0. The maximum Gasteiger partial charge on any atom is 0.306 e. The van der Waals surface area contributed by atoms with Gasteiger partial charge in [-0.05, 0) is 96.3 Å². The summed E-state index contributed by atoms with van der Waals surface area (Å²) in [5.41, 5.74) is 0. The van der Waals surface area contributed by atoms with Gasteiger partial charge in [0.25, 0.3) is 0 Å². The van der Waals surface area contributed by atoms with Gasteiger partial charge < -0.3 is 14.2 Å². The molecule has 0 aromatic heterocycles. The Labute approximate surface area is 397 Å². The van der Waals surface area contributed by atoms with Crippen molar-refractivity contribution in [2.24, 2.45) is 0 Å². The first-order chi connectivity index (χ1) is 31.5. The molecule has 0 heterocycles. The minimum atomic E-state index is -0.786. The van der Waals surface area contributed by atoms with Crippen LogP contribution in [0, 0.1) is 0 Å². The summed E-state index contributed by atoms with van der Waals surface area (Å²) in [7, 11) is 0. The zero-order valence-electron chi connectivity index (χ0n) is 42.6. The molecule has 0 saturated heterocycles. The molecule has 0 amide bonds. The number of hydrogen-bond acceptors (Lipinski definition) is 6. The quantitative estimate of drug-likeness (QED) is 0.0199. The van der Waals surface area contributed by atoms with Gasteiger partial charge in [0, 0.05) is 19.3 Å². The smallest absolute Gasteiger partial charge is 0.306 e. The third-order valence-electron chi connectivity index (χ3n) is 12.1. The predicted octanol–water partition coefficient (Wildman–Crippen LogP) is 18.3. The number of carbonyl (C=O) groups excluding carboxylic acids is 3. The molecule has 0 spiro atoms. The van der Waals surface area contributed by atoms with E-state index in [4.69, 9.17) is 14.2 Å². The van der Waals surface area contributed by atoms with Crippen LogP contribution < -0.4 is 0 Å². The van der Waals surface area contributed by atoms with E-state index in [9.17, 15) is 14.4 Å². The molecule has 0 aliphatic rings. The van der Waals surface area contributed by atoms with Crippen LogP contribution in [0.5, 0.6) is 0 Å². The largest absolute Gasteiger partial charge is 0.462 e. The molecule has 0 aliphatic heterocycles. The lowest BCUT2D eigenvalue weighted by atomic mass is 10.1. The molecule has 0 aliphatic carbocycles. The fourth-order valence-electron chi connectivity index (χ4n) is 7.83. The SMILES string of the molecule is CCCCCC/C=C\CCCCCCCCCC(=O)OCC(COC(=O)CCCCC/C=C\C=C/CCCCCCCCC)OC(=O)CCCCCCCCC/C=C\CCCCCC. The molecule has 0 aromatic carbocycles. The van der Waals surface area contributed by atoms with Crippen molar-refractivity contribution >= 4 is 17.9 Å². The van der Waals surface area contributed by atoms with Gasteiger partial charge in [-0.25, -0.2) is 0 Å². The minimum Gasteiger partial charge on any atom is -0.462 e. The molecule has 0 bridgehead atoms. The minimum absolute atomic E-state index is 0.0844. The van der Waals surface area contributed by atoms with Crippen molar-refractivity contribution in [1.29, 1.82) is 0 Å². The van der Waals surface area contributed by atoms with Crippen LogP contribution in [0.2, 0.25) is 0 Å². The highest BCUT2D eigenvalue weighted by Gasteiger charge is 2.19. The summed E-state index contributed by atoms with van der Waals surface area (Å²) in [5.74, 6) is -0.911. The molecular weight excluding hydrogens is 793 g/mol. The Bertz CT molecular complexity index is 1120. The number of carbonyl (C=O) groups is 3. The second-order valence-electron chi connectivity index (χ2n) is 18.5. The second kappa shape index (κ2) is 53.0. The van der Waals surface area contributed by atoms with Crippen LogP contribution in [-0.4, -0.2) is 37.2 Å². The zero-order chi connectivity index (χ0) is 46.5. The maximum atomic E-state index is 12.8. The van der Waals surface area contributed by atoms with Crippen LogP contribution in [0.4, 0.5) is 0 Å². The molecule has 1 atom stereocenters. The fraction of sp³-hybridized carbons (Fsp3) is 0.810. The Kier molecular flexibility index (Phi) is 50.8. The summed E-state index contributed by atoms with van der Waals surface area (Å²) in [6.45, 7) is 6.60. The van der Waals surface area contributed by atoms with E-state index in [-0.39, 0.29) is 31.1 Å². The van der Waals surface area contributed by atoms with Crippen LogP contribution in [0.1, 0.15) is 284 Å². The summed E-state index contributed by atoms with van der Waals surface area (Å²) in [5, 5.41) is 0. The van der Waals surface area contributed by atoms with Crippen LogP contribution in [0.15, 0.2) is 48.6 Å². The zero-order valence-corrected chi connectivity index (χ0v) is 42.6. The van der Waals surface area contributed by atoms with Crippen molar-refractivity contribution in [3.8, 4) is 0 Å². The molecule has 6 nitrogen and oxygen atoms in total. The number of ether oxygens (including phenoxy) is 3. The van der Waals surface area contributed by atoms with Crippen molar-refractivity contribution < 1.29 is 28.6 Å². The number of allylic oxidation sites excluding steroid dienone is 8. The first-order valence-corrected chi connectivity index (χ1v) is 27.7. The topological polar surface area (TPSA) is 78.9 Å². The van der Waals surface area contributed by atoms with E-state index in [0.29, 0.717) is 19.3 Å². The molecule has 0 saturated carbocycles. The molecule has 6 heteroatoms. The van der Waals surface area contributed by atoms with Gasteiger partial charge in [0.1, 0.15) is 13.2 Å². The van der Waals surface area contributed by atoms with Gasteiger partial charge in [0.2, 0.25) is 0 Å². The highest BCUT2D eigenvalue weighted by atomic mass is 16.6. The molecular formula is C58H104O6. The van der Waals surface area contributed by atoms with E-state index in [1.807, 2.05) is 0 Å². The van der Waals surface area contributed by atoms with E-state index in [1.165, 1.54) is 173 Å². The van der Waals surface area contributed by atoms with Gasteiger partial charge in [-0.1, -0.05) is 217 Å². The highest BCUT2D eigenvalue weighted by molar-refractivity contribution is 5.71. The average molecular weight is 897 g/mol. The molecule has 0 N–H and O–H groups in total. The van der Waals surface area contributed by atoms with Gasteiger partial charge >= 0.3 is 17.9 Å². The van der Waals surface area contributed by atoms with E-state index >= 15 is 0 Å². The van der Waals surface area contributed by atoms with Gasteiger partial charge in [-0.2, -0.15) is 0 Å². The van der Waals surface area contributed by atoms with Gasteiger partial charge in [-0.15, -0.1) is 0 Å². The molecule has 64 heavy (non-hydrogen) atoms. The van der Waals surface area contributed by atoms with Crippen LogP contribution in [-0.2, 0) is 28.6 Å². The van der Waals surface area contributed by atoms with Gasteiger partial charge in [-0.3, -0.25) is 14.4 Å². The number of rotatable bonds is 50. The maximum absolute atomic E-state index is 12.8. The van der Waals surface area contributed by atoms with Crippen LogP contribution in [0.3, 0.4) is 0 Å². The fourth-order valence-corrected chi connectivity index (χ4v) is 7.83. The van der Waals surface area contributed by atoms with E-state index < -0.39 is 6.10 Å². The lowest BCUT2D eigenvalue weighted by Crippen LogP contribution is -2.30. The van der Waals surface area contributed by atoms with Crippen molar-refractivity contribution in [3.05, 3.63) is 48.6 Å². The Balaban J connectivity index is 4.42. The van der Waals surface area contributed by atoms with Gasteiger partial charge in [0.05, 0.1) is 0 Å². The van der Waals surface area contributed by atoms with Crippen LogP contribution in [0.25, 0.3) is 0 Å². The Morgan fingerprint density at radius 1 is 0.312 bits per heavy atom. The highest BCUT2D eigenvalue weighted by Crippen LogP contribution is 2.15. The van der Waals surface area contributed by atoms with E-state index in [0.717, 1.165) is 70.6 Å². The molecule has 0 rings (SSSR count). The van der Waals surface area contributed by atoms with E-state index in [1.54, 1.807) is 0 Å². The number of hydrogen-bond donors (Lipinski definition) is 0. The Morgan fingerprint density at radius 3 is 0.906 bits per heavy atom. The Hall–Kier alpha value is -2.63. The Morgan fingerprint density at radius 2 is 0.562 bits per heavy atom. The molecule has 1 unspecified atom stereocenters. The first kappa shape index (κ1) is 61.4. The standard InChI is InChI=1S/C58H104O6/c1-4-7-10-13-16-19-22-25-28-31-33-36-39-42-45-48-51-57(60)63-54-55(64-58(61)52-49-46-43-40-37-34-30-27-24-21-18-15-12-9-6-3)53-62-56(59)50-47-44-41-38-35-32-29-26-23-20-17-14-11-8-5-2/h20-21,23-24,28,31,33,36,55H,4-19,22,25-27,29-30,32,34-35,37-54H2,1-3H3/b23-20-,24-21-,31-28-,36-33-. The van der Waals surface area contributed by atoms with Crippen molar-refractivity contribution in [2.75, 3.05) is 13.2 Å². The first-order valence-electron chi connectivity index (χ1n) is 27.7. The van der Waals surface area contributed by atoms with Crippen LogP contribution >= 0.6 is 0 Å². The molecule has 372 valence electrons. The summed E-state index contributed by atoms with van der Waals surface area (Å²) < 4.78 is 16.8. The molecule has 0 fully saturated rings. The second-order valence-corrected chi connectivity index (χ2v) is 18.5. The van der Waals surface area contributed by atoms with Crippen molar-refractivity contribution in [3.63, 3.8) is 0 Å². The lowest BCUT2D eigenvalue weighted by Gasteiger charge is -2.18. The lowest BCUT2D eigenvalue weighted by molar-refractivity contribution is -0.167. The summed E-state index contributed by atoms with van der Waals surface area (Å²) in [6, 6.07) is 0. The van der Waals surface area contributed by atoms with E-state index in [2.05, 4.69) is 69.4 Å². The predicted molar refractivity (Wildman–Crippen MR) is 275 cm³/mol. The van der Waals surface area contributed by atoms with Gasteiger partial charge in [0.15, 0.2) is 6.10 Å². The summed E-state index contributed by atoms with van der Waals surface area (Å²) in [6.07, 6.45) is 63.8. The third-order valence-corrected chi connectivity index (χ3v) is 12.1. The molecule has 0 radical (unpaired) electrons. The summed E-state index contributed by atoms with van der Waals surface area (Å²) in [4.78, 5) is 38.1. The normalized spacial score (nSPS) is 12.4. The van der Waals surface area contributed by atoms with Crippen molar-refractivity contribution in [1.82, 2.24) is 0 Å². The molecule has 0 aromatic rings. The number of unbranched alkanes of at least 4 members (excludes halogenated alkanes) is 32. The average Bonchev–Trinajstić information content (AvgIpc) is 3.29. The van der Waals surface area contributed by atoms with Crippen molar-refractivity contribution in [2.45, 2.75) is 290 Å².